The summed E-state index contributed by atoms with van der Waals surface area (Å²) in [6.45, 7) is 9.29. The first-order valence-electron chi connectivity index (χ1n) is 12.8. The molecule has 0 N–H and O–H groups in total. The van der Waals surface area contributed by atoms with Crippen molar-refractivity contribution in [3.8, 4) is 28.7 Å². The summed E-state index contributed by atoms with van der Waals surface area (Å²) in [5.41, 5.74) is 2.81. The van der Waals surface area contributed by atoms with E-state index in [1.165, 1.54) is 12.5 Å². The molecule has 0 unspecified atom stereocenters. The molecule has 0 spiro atoms. The lowest BCUT2D eigenvalue weighted by Gasteiger charge is -2.09. The van der Waals surface area contributed by atoms with Crippen LogP contribution in [0.5, 0.6) is 28.7 Å². The maximum absolute atomic E-state index is 13.0. The summed E-state index contributed by atoms with van der Waals surface area (Å²) < 4.78 is 17.5. The number of aryl methyl sites for hydroxylation is 1. The van der Waals surface area contributed by atoms with Crippen molar-refractivity contribution in [1.82, 2.24) is 0 Å². The van der Waals surface area contributed by atoms with E-state index in [1.807, 2.05) is 43.3 Å². The van der Waals surface area contributed by atoms with E-state index in [0.29, 0.717) is 45.5 Å². The molecule has 0 aliphatic heterocycles. The Labute approximate surface area is 234 Å². The van der Waals surface area contributed by atoms with Gasteiger partial charge in [-0.15, -0.1) is 0 Å². The molecule has 0 aliphatic rings. The molecule has 0 atom stereocenters. The van der Waals surface area contributed by atoms with Crippen LogP contribution in [0.4, 0.5) is 0 Å². The van der Waals surface area contributed by atoms with E-state index in [4.69, 9.17) is 14.2 Å². The summed E-state index contributed by atoms with van der Waals surface area (Å²) in [5, 5.41) is 0. The molecule has 4 rings (SSSR count). The van der Waals surface area contributed by atoms with Gasteiger partial charge in [-0.25, -0.2) is 0 Å². The van der Waals surface area contributed by atoms with Crippen LogP contribution < -0.4 is 14.2 Å². The highest BCUT2D eigenvalue weighted by Crippen LogP contribution is 2.26. The minimum absolute atomic E-state index is 0.00304. The van der Waals surface area contributed by atoms with E-state index in [0.717, 1.165) is 5.75 Å². The first kappa shape index (κ1) is 27.9. The number of ether oxygens (including phenoxy) is 3. The number of hydrogen-bond acceptors (Lipinski definition) is 5. The van der Waals surface area contributed by atoms with Crippen molar-refractivity contribution in [2.75, 3.05) is 0 Å². The van der Waals surface area contributed by atoms with E-state index in [-0.39, 0.29) is 11.6 Å². The maximum atomic E-state index is 13.0. The zero-order chi connectivity index (χ0) is 28.5. The van der Waals surface area contributed by atoms with Crippen LogP contribution in [0, 0.1) is 6.92 Å². The van der Waals surface area contributed by atoms with Crippen molar-refractivity contribution in [2.45, 2.75) is 20.8 Å². The molecule has 5 nitrogen and oxygen atoms in total. The Balaban J connectivity index is 1.31. The van der Waals surface area contributed by atoms with Gasteiger partial charge in [0.1, 0.15) is 34.5 Å². The molecule has 0 saturated carbocycles. The Morgan fingerprint density at radius 1 is 0.625 bits per heavy atom. The Hall–Kier alpha value is -5.16. The number of hydrogen-bond donors (Lipinski definition) is 0. The second-order valence-electron chi connectivity index (χ2n) is 9.07. The maximum Gasteiger partial charge on any atom is 0.192 e. The molecular weight excluding hydrogens is 500 g/mol. The quantitative estimate of drug-likeness (QED) is 0.0838. The predicted molar refractivity (Wildman–Crippen MR) is 158 cm³/mol. The molecule has 0 bridgehead atoms. The Morgan fingerprint density at radius 3 is 1.52 bits per heavy atom. The lowest BCUT2D eigenvalue weighted by molar-refractivity contribution is 0.101. The minimum atomic E-state index is -0.137. The second-order valence-corrected chi connectivity index (χ2v) is 9.07. The van der Waals surface area contributed by atoms with Crippen LogP contribution in [-0.2, 0) is 0 Å². The van der Waals surface area contributed by atoms with Gasteiger partial charge in [0.15, 0.2) is 11.6 Å². The van der Waals surface area contributed by atoms with Crippen LogP contribution in [0.15, 0.2) is 133 Å². The fraction of sp³-hybridized carbons (Fsp3) is 0.0857. The van der Waals surface area contributed by atoms with Crippen molar-refractivity contribution < 1.29 is 23.8 Å². The molecule has 4 aromatic carbocycles. The molecule has 4 aromatic rings. The van der Waals surface area contributed by atoms with Gasteiger partial charge in [0.2, 0.25) is 0 Å². The van der Waals surface area contributed by atoms with Gasteiger partial charge >= 0.3 is 0 Å². The molecular formula is C35H30O5. The summed E-state index contributed by atoms with van der Waals surface area (Å²) in [7, 11) is 0. The number of Topliss-reactive ketones (excluding diaryl/α,β-unsaturated/α-hetero) is 2. The highest BCUT2D eigenvalue weighted by atomic mass is 16.5. The molecule has 0 fully saturated rings. The Bertz CT molecular complexity index is 1540. The first-order valence-corrected chi connectivity index (χ1v) is 12.8. The molecule has 0 saturated heterocycles. The van der Waals surface area contributed by atoms with Gasteiger partial charge in [-0.3, -0.25) is 9.59 Å². The Morgan fingerprint density at radius 2 is 1.05 bits per heavy atom. The number of allylic oxidation sites excluding steroid dienone is 4. The van der Waals surface area contributed by atoms with E-state index in [9.17, 15) is 9.59 Å². The van der Waals surface area contributed by atoms with E-state index < -0.39 is 0 Å². The van der Waals surface area contributed by atoms with Gasteiger partial charge < -0.3 is 14.2 Å². The number of rotatable bonds is 11. The third-order valence-electron chi connectivity index (χ3n) is 5.96. The fourth-order valence-electron chi connectivity index (χ4n) is 3.72. The zero-order valence-electron chi connectivity index (χ0n) is 22.7. The van der Waals surface area contributed by atoms with Crippen molar-refractivity contribution in [3.63, 3.8) is 0 Å². The summed E-state index contributed by atoms with van der Waals surface area (Å²) >= 11 is 0. The predicted octanol–water partition coefficient (Wildman–Crippen LogP) is 9.06. The topological polar surface area (TPSA) is 61.8 Å². The van der Waals surface area contributed by atoms with Crippen LogP contribution in [0.2, 0.25) is 0 Å². The highest BCUT2D eigenvalue weighted by Gasteiger charge is 2.10. The van der Waals surface area contributed by atoms with E-state index in [1.54, 1.807) is 85.8 Å². The second kappa shape index (κ2) is 13.1. The molecule has 40 heavy (non-hydrogen) atoms. The van der Waals surface area contributed by atoms with Crippen molar-refractivity contribution >= 4 is 11.6 Å². The molecule has 0 heterocycles. The van der Waals surface area contributed by atoms with Gasteiger partial charge in [0.05, 0.1) is 0 Å². The van der Waals surface area contributed by atoms with Crippen LogP contribution in [0.1, 0.15) is 40.1 Å². The van der Waals surface area contributed by atoms with Gasteiger partial charge in [-0.2, -0.15) is 0 Å². The van der Waals surface area contributed by atoms with E-state index in [2.05, 4.69) is 6.58 Å². The largest absolute Gasteiger partial charge is 0.458 e. The number of benzene rings is 4. The van der Waals surface area contributed by atoms with Gasteiger partial charge in [-0.1, -0.05) is 30.4 Å². The molecule has 0 aromatic heterocycles. The van der Waals surface area contributed by atoms with Crippen molar-refractivity contribution in [3.05, 3.63) is 150 Å². The third kappa shape index (κ3) is 7.68. The van der Waals surface area contributed by atoms with Gasteiger partial charge in [0, 0.05) is 16.7 Å². The van der Waals surface area contributed by atoms with Crippen LogP contribution in [-0.4, -0.2) is 11.6 Å². The summed E-state index contributed by atoms with van der Waals surface area (Å²) in [6.07, 6.45) is 5.08. The number of carbonyl (C=O) groups excluding carboxylic acids is 2. The average Bonchev–Trinajstić information content (AvgIpc) is 2.96. The normalized spacial score (nSPS) is 11.2. The lowest BCUT2D eigenvalue weighted by atomic mass is 10.0. The zero-order valence-corrected chi connectivity index (χ0v) is 22.7. The third-order valence-corrected chi connectivity index (χ3v) is 5.96. The standard InChI is InChI=1S/C35H30O5/c1-5-27(35(37)29-12-18-33(19-13-29)40-32-16-10-28(11-17-32)26(4)36)9-8-25(3)38-30-20-22-34(23-21-30)39-31-14-6-24(2)7-15-31/h5-23H,3H2,1-2,4H3/b9-8-,27-5+. The van der Waals surface area contributed by atoms with Crippen LogP contribution in [0.25, 0.3) is 0 Å². The average molecular weight is 531 g/mol. The summed E-state index contributed by atoms with van der Waals surface area (Å²) in [4.78, 5) is 24.5. The fourth-order valence-corrected chi connectivity index (χ4v) is 3.72. The SMILES string of the molecule is C=C(/C=C\C(=C/C)C(=O)c1ccc(Oc2ccc(C(C)=O)cc2)cc1)Oc1ccc(Oc2ccc(C)cc2)cc1. The molecule has 0 radical (unpaired) electrons. The monoisotopic (exact) mass is 530 g/mol. The molecule has 0 aliphatic carbocycles. The first-order chi connectivity index (χ1) is 19.3. The van der Waals surface area contributed by atoms with Crippen LogP contribution in [0.3, 0.4) is 0 Å². The van der Waals surface area contributed by atoms with Crippen LogP contribution >= 0.6 is 0 Å². The molecule has 0 amide bonds. The lowest BCUT2D eigenvalue weighted by Crippen LogP contribution is -2.02. The molecule has 200 valence electrons. The molecule has 5 heteroatoms. The van der Waals surface area contributed by atoms with Crippen molar-refractivity contribution in [1.29, 1.82) is 0 Å². The van der Waals surface area contributed by atoms with E-state index >= 15 is 0 Å². The summed E-state index contributed by atoms with van der Waals surface area (Å²) in [5.74, 6) is 3.50. The van der Waals surface area contributed by atoms with Crippen molar-refractivity contribution in [2.24, 2.45) is 0 Å². The van der Waals surface area contributed by atoms with Gasteiger partial charge in [-0.05, 0) is 118 Å². The Kier molecular flexibility index (Phi) is 9.11. The number of carbonyl (C=O) groups is 2. The number of ketones is 2. The summed E-state index contributed by atoms with van der Waals surface area (Å²) in [6, 6.07) is 28.9. The smallest absolute Gasteiger partial charge is 0.192 e. The van der Waals surface area contributed by atoms with Gasteiger partial charge in [0.25, 0.3) is 0 Å². The minimum Gasteiger partial charge on any atom is -0.458 e. The highest BCUT2D eigenvalue weighted by molar-refractivity contribution is 6.10.